The minimum absolute atomic E-state index is 0.0694. The van der Waals surface area contributed by atoms with Gasteiger partial charge in [0.05, 0.1) is 4.90 Å². The molecule has 1 atom stereocenters. The van der Waals surface area contributed by atoms with E-state index >= 15 is 0 Å². The second kappa shape index (κ2) is 5.38. The van der Waals surface area contributed by atoms with E-state index in [2.05, 4.69) is 4.72 Å². The Morgan fingerprint density at radius 3 is 2.67 bits per heavy atom. The topological polar surface area (TPSA) is 81.4 Å². The van der Waals surface area contributed by atoms with Gasteiger partial charge in [-0.2, -0.15) is 0 Å². The third-order valence-corrected chi connectivity index (χ3v) is 4.75. The first-order valence-electron chi connectivity index (χ1n) is 6.66. The van der Waals surface area contributed by atoms with E-state index in [0.717, 1.165) is 5.56 Å². The van der Waals surface area contributed by atoms with E-state index in [9.17, 15) is 8.42 Å². The number of hydrogen-bond donors (Lipinski definition) is 2. The number of nitrogens with one attached hydrogen (secondary N) is 1. The van der Waals surface area contributed by atoms with Crippen LogP contribution in [0.25, 0.3) is 0 Å². The number of para-hydroxylation sites is 1. The molecule has 2 aromatic rings. The highest BCUT2D eigenvalue weighted by Crippen LogP contribution is 2.31. The smallest absolute Gasteiger partial charge is 0.261 e. The van der Waals surface area contributed by atoms with Crippen molar-refractivity contribution >= 4 is 15.7 Å². The summed E-state index contributed by atoms with van der Waals surface area (Å²) in [7, 11) is -3.60. The van der Waals surface area contributed by atoms with Gasteiger partial charge in [0.2, 0.25) is 0 Å². The SMILES string of the molecule is NCC1Cc2cc(S(=O)(=O)Nc3ccccc3)ccc2O1. The van der Waals surface area contributed by atoms with Crippen molar-refractivity contribution in [2.45, 2.75) is 17.4 Å². The van der Waals surface area contributed by atoms with E-state index in [1.165, 1.54) is 0 Å². The third-order valence-electron chi connectivity index (χ3n) is 3.37. The molecule has 110 valence electrons. The van der Waals surface area contributed by atoms with Gasteiger partial charge in [0, 0.05) is 18.7 Å². The quantitative estimate of drug-likeness (QED) is 0.901. The fourth-order valence-electron chi connectivity index (χ4n) is 2.32. The second-order valence-corrected chi connectivity index (χ2v) is 6.60. The van der Waals surface area contributed by atoms with Gasteiger partial charge in [-0.3, -0.25) is 4.72 Å². The van der Waals surface area contributed by atoms with Gasteiger partial charge < -0.3 is 10.5 Å². The van der Waals surface area contributed by atoms with Gasteiger partial charge in [0.15, 0.2) is 0 Å². The van der Waals surface area contributed by atoms with Crippen LogP contribution in [0, 0.1) is 0 Å². The van der Waals surface area contributed by atoms with Crippen molar-refractivity contribution in [3.63, 3.8) is 0 Å². The summed E-state index contributed by atoms with van der Waals surface area (Å²) in [5.74, 6) is 0.712. The molecule has 0 aliphatic carbocycles. The lowest BCUT2D eigenvalue weighted by Gasteiger charge is -2.09. The molecule has 0 radical (unpaired) electrons. The Kier molecular flexibility index (Phi) is 3.57. The molecule has 3 N–H and O–H groups in total. The lowest BCUT2D eigenvalue weighted by Crippen LogP contribution is -2.24. The van der Waals surface area contributed by atoms with Crippen LogP contribution in [-0.2, 0) is 16.4 Å². The van der Waals surface area contributed by atoms with E-state index in [1.807, 2.05) is 6.07 Å². The van der Waals surface area contributed by atoms with Crippen LogP contribution in [-0.4, -0.2) is 21.1 Å². The van der Waals surface area contributed by atoms with Crippen LogP contribution in [0.5, 0.6) is 5.75 Å². The van der Waals surface area contributed by atoms with Crippen LogP contribution in [0.2, 0.25) is 0 Å². The van der Waals surface area contributed by atoms with Gasteiger partial charge in [-0.15, -0.1) is 0 Å². The first-order valence-corrected chi connectivity index (χ1v) is 8.14. The molecule has 1 heterocycles. The minimum atomic E-state index is -3.60. The fourth-order valence-corrected chi connectivity index (χ4v) is 3.42. The molecule has 0 saturated heterocycles. The molecule has 6 heteroatoms. The molecule has 2 aromatic carbocycles. The van der Waals surface area contributed by atoms with Gasteiger partial charge in [-0.1, -0.05) is 18.2 Å². The van der Waals surface area contributed by atoms with Crippen molar-refractivity contribution in [1.82, 2.24) is 0 Å². The summed E-state index contributed by atoms with van der Waals surface area (Å²) in [5, 5.41) is 0. The number of fused-ring (bicyclic) bond motifs is 1. The molecular formula is C15H16N2O3S. The number of benzene rings is 2. The fraction of sp³-hybridized carbons (Fsp3) is 0.200. The molecule has 3 rings (SSSR count). The number of rotatable bonds is 4. The maximum absolute atomic E-state index is 12.4. The van der Waals surface area contributed by atoms with Crippen molar-refractivity contribution < 1.29 is 13.2 Å². The molecule has 0 fully saturated rings. The molecule has 0 saturated carbocycles. The predicted molar refractivity (Wildman–Crippen MR) is 80.9 cm³/mol. The molecule has 0 aromatic heterocycles. The summed E-state index contributed by atoms with van der Waals surface area (Å²) in [6.45, 7) is 0.416. The maximum atomic E-state index is 12.4. The van der Waals surface area contributed by atoms with E-state index in [4.69, 9.17) is 10.5 Å². The molecule has 1 aliphatic heterocycles. The zero-order valence-electron chi connectivity index (χ0n) is 11.3. The normalized spacial score (nSPS) is 17.1. The molecule has 0 amide bonds. The monoisotopic (exact) mass is 304 g/mol. The summed E-state index contributed by atoms with van der Waals surface area (Å²) in [4.78, 5) is 0.228. The molecule has 0 spiro atoms. The summed E-state index contributed by atoms with van der Waals surface area (Å²) < 4.78 is 32.9. The molecule has 1 aliphatic rings. The van der Waals surface area contributed by atoms with Crippen molar-refractivity contribution in [3.05, 3.63) is 54.1 Å². The van der Waals surface area contributed by atoms with Gasteiger partial charge in [-0.05, 0) is 35.9 Å². The van der Waals surface area contributed by atoms with Crippen molar-refractivity contribution in [1.29, 1.82) is 0 Å². The van der Waals surface area contributed by atoms with Crippen LogP contribution >= 0.6 is 0 Å². The highest BCUT2D eigenvalue weighted by atomic mass is 32.2. The first kappa shape index (κ1) is 13.9. The summed E-state index contributed by atoms with van der Waals surface area (Å²) in [6.07, 6.45) is 0.570. The van der Waals surface area contributed by atoms with E-state index in [1.54, 1.807) is 42.5 Å². The second-order valence-electron chi connectivity index (χ2n) is 4.92. The number of nitrogens with two attached hydrogens (primary N) is 1. The van der Waals surface area contributed by atoms with Gasteiger partial charge >= 0.3 is 0 Å². The minimum Gasteiger partial charge on any atom is -0.488 e. The van der Waals surface area contributed by atoms with Gasteiger partial charge in [0.1, 0.15) is 11.9 Å². The van der Waals surface area contributed by atoms with Gasteiger partial charge in [-0.25, -0.2) is 8.42 Å². The Balaban J connectivity index is 1.87. The lowest BCUT2D eigenvalue weighted by molar-refractivity contribution is 0.241. The summed E-state index contributed by atoms with van der Waals surface area (Å²) >= 11 is 0. The Morgan fingerprint density at radius 2 is 1.95 bits per heavy atom. The molecular weight excluding hydrogens is 288 g/mol. The van der Waals surface area contributed by atoms with Crippen LogP contribution in [0.3, 0.4) is 0 Å². The maximum Gasteiger partial charge on any atom is 0.261 e. The zero-order valence-corrected chi connectivity index (χ0v) is 12.1. The molecule has 1 unspecified atom stereocenters. The molecule has 0 bridgehead atoms. The zero-order chi connectivity index (χ0) is 14.9. The largest absolute Gasteiger partial charge is 0.488 e. The average Bonchev–Trinajstić information content (AvgIpc) is 2.90. The number of sulfonamides is 1. The van der Waals surface area contributed by atoms with Crippen LogP contribution < -0.4 is 15.2 Å². The Bertz CT molecular complexity index is 745. The summed E-state index contributed by atoms with van der Waals surface area (Å²) in [5.41, 5.74) is 7.00. The predicted octanol–water partition coefficient (Wildman–Crippen LogP) is 1.75. The van der Waals surface area contributed by atoms with Crippen molar-refractivity contribution in [3.8, 4) is 5.75 Å². The van der Waals surface area contributed by atoms with E-state index in [0.29, 0.717) is 24.4 Å². The highest BCUT2D eigenvalue weighted by molar-refractivity contribution is 7.92. The Hall–Kier alpha value is -2.05. The molecule has 5 nitrogen and oxygen atoms in total. The average molecular weight is 304 g/mol. The van der Waals surface area contributed by atoms with Crippen LogP contribution in [0.15, 0.2) is 53.4 Å². The Morgan fingerprint density at radius 1 is 1.19 bits per heavy atom. The standard InChI is InChI=1S/C15H16N2O3S/c16-10-13-8-11-9-14(6-7-15(11)20-13)21(18,19)17-12-4-2-1-3-5-12/h1-7,9,13,17H,8,10,16H2. The number of anilines is 1. The van der Waals surface area contributed by atoms with Crippen molar-refractivity contribution in [2.75, 3.05) is 11.3 Å². The van der Waals surface area contributed by atoms with Crippen LogP contribution in [0.1, 0.15) is 5.56 Å². The first-order chi connectivity index (χ1) is 10.1. The highest BCUT2D eigenvalue weighted by Gasteiger charge is 2.24. The van der Waals surface area contributed by atoms with Crippen molar-refractivity contribution in [2.24, 2.45) is 5.73 Å². The number of ether oxygens (including phenoxy) is 1. The van der Waals surface area contributed by atoms with Gasteiger partial charge in [0.25, 0.3) is 10.0 Å². The Labute approximate surface area is 123 Å². The molecule has 21 heavy (non-hydrogen) atoms. The van der Waals surface area contributed by atoms with E-state index in [-0.39, 0.29) is 11.0 Å². The summed E-state index contributed by atoms with van der Waals surface area (Å²) in [6, 6.07) is 13.7. The third kappa shape index (κ3) is 2.86. The van der Waals surface area contributed by atoms with Crippen LogP contribution in [0.4, 0.5) is 5.69 Å². The number of hydrogen-bond acceptors (Lipinski definition) is 4. The van der Waals surface area contributed by atoms with E-state index < -0.39 is 10.0 Å². The lowest BCUT2D eigenvalue weighted by atomic mass is 10.1.